The molecule has 2 nitrogen and oxygen atoms in total. The van der Waals surface area contributed by atoms with Crippen molar-refractivity contribution in [3.8, 4) is 0 Å². The maximum atomic E-state index is 13.4. The molecule has 0 saturated carbocycles. The Hall–Kier alpha value is -1.77. The van der Waals surface area contributed by atoms with Crippen molar-refractivity contribution in [3.63, 3.8) is 0 Å². The Balaban J connectivity index is 2.87. The Morgan fingerprint density at radius 1 is 1.00 bits per heavy atom. The molecule has 0 heterocycles. The maximum Gasteiger partial charge on any atom is 0.153 e. The average molecular weight is 176 g/mol. The molecule has 2 aromatic carbocycles. The monoisotopic (exact) mass is 176 g/mol. The smallest absolute Gasteiger partial charge is 0.153 e. The van der Waals surface area contributed by atoms with Gasteiger partial charge in [0.2, 0.25) is 0 Å². The van der Waals surface area contributed by atoms with Gasteiger partial charge in [-0.2, -0.15) is 0 Å². The summed E-state index contributed by atoms with van der Waals surface area (Å²) in [6, 6.07) is 8.31. The number of hydrogen-bond acceptors (Lipinski definition) is 2. The number of fused-ring (bicyclic) bond motifs is 1. The van der Waals surface area contributed by atoms with E-state index in [1.54, 1.807) is 24.3 Å². The zero-order chi connectivity index (χ0) is 9.42. The standard InChI is InChI=1S/C10H9FN2/c11-10-8-3-2-7(12)5-6(8)1-4-9(10)13/h1-5H,12-13H2. The number of halogens is 1. The maximum absolute atomic E-state index is 13.4. The Bertz CT molecular complexity index is 466. The normalized spacial score (nSPS) is 10.5. The molecule has 0 amide bonds. The van der Waals surface area contributed by atoms with Crippen LogP contribution >= 0.6 is 0 Å². The Kier molecular flexibility index (Phi) is 1.59. The Labute approximate surface area is 75.0 Å². The predicted molar refractivity (Wildman–Crippen MR) is 52.7 cm³/mol. The summed E-state index contributed by atoms with van der Waals surface area (Å²) in [5, 5.41) is 1.28. The highest BCUT2D eigenvalue weighted by molar-refractivity contribution is 5.88. The molecule has 0 radical (unpaired) electrons. The Morgan fingerprint density at radius 3 is 2.54 bits per heavy atom. The summed E-state index contributed by atoms with van der Waals surface area (Å²) in [7, 11) is 0. The molecular weight excluding hydrogens is 167 g/mol. The van der Waals surface area contributed by atoms with Crippen LogP contribution in [0.5, 0.6) is 0 Å². The van der Waals surface area contributed by atoms with E-state index in [2.05, 4.69) is 0 Å². The minimum atomic E-state index is -0.377. The molecule has 2 aromatic rings. The van der Waals surface area contributed by atoms with E-state index >= 15 is 0 Å². The van der Waals surface area contributed by atoms with Gasteiger partial charge in [0.15, 0.2) is 5.82 Å². The van der Waals surface area contributed by atoms with Crippen LogP contribution in [-0.4, -0.2) is 0 Å². The van der Waals surface area contributed by atoms with Crippen LogP contribution in [0.2, 0.25) is 0 Å². The largest absolute Gasteiger partial charge is 0.399 e. The highest BCUT2D eigenvalue weighted by atomic mass is 19.1. The van der Waals surface area contributed by atoms with Crippen LogP contribution in [-0.2, 0) is 0 Å². The second kappa shape index (κ2) is 2.62. The lowest BCUT2D eigenvalue weighted by atomic mass is 10.1. The SMILES string of the molecule is Nc1ccc2c(F)c(N)ccc2c1. The molecule has 0 aliphatic rings. The summed E-state index contributed by atoms with van der Waals surface area (Å²) in [6.45, 7) is 0. The van der Waals surface area contributed by atoms with E-state index in [1.807, 2.05) is 0 Å². The van der Waals surface area contributed by atoms with Gasteiger partial charge in [0.1, 0.15) is 0 Å². The first kappa shape index (κ1) is 7.86. The summed E-state index contributed by atoms with van der Waals surface area (Å²) >= 11 is 0. The van der Waals surface area contributed by atoms with Crippen LogP contribution < -0.4 is 11.5 Å². The number of rotatable bonds is 0. The molecule has 3 heteroatoms. The van der Waals surface area contributed by atoms with Crippen molar-refractivity contribution in [3.05, 3.63) is 36.1 Å². The van der Waals surface area contributed by atoms with Gasteiger partial charge in [0, 0.05) is 11.1 Å². The third kappa shape index (κ3) is 1.18. The van der Waals surface area contributed by atoms with Gasteiger partial charge in [0.05, 0.1) is 5.69 Å². The fourth-order valence-corrected chi connectivity index (χ4v) is 1.33. The van der Waals surface area contributed by atoms with E-state index in [0.717, 1.165) is 5.39 Å². The third-order valence-corrected chi connectivity index (χ3v) is 2.01. The van der Waals surface area contributed by atoms with Gasteiger partial charge in [-0.15, -0.1) is 0 Å². The van der Waals surface area contributed by atoms with Gasteiger partial charge in [0.25, 0.3) is 0 Å². The van der Waals surface area contributed by atoms with E-state index in [1.165, 1.54) is 6.07 Å². The molecule has 13 heavy (non-hydrogen) atoms. The van der Waals surface area contributed by atoms with Gasteiger partial charge in [-0.05, 0) is 29.7 Å². The lowest BCUT2D eigenvalue weighted by molar-refractivity contribution is 0.644. The van der Waals surface area contributed by atoms with E-state index in [-0.39, 0.29) is 11.5 Å². The van der Waals surface area contributed by atoms with Crippen LogP contribution in [0, 0.1) is 5.82 Å². The number of anilines is 2. The van der Waals surface area contributed by atoms with Crippen LogP contribution in [0.15, 0.2) is 30.3 Å². The van der Waals surface area contributed by atoms with Crippen molar-refractivity contribution in [1.82, 2.24) is 0 Å². The van der Waals surface area contributed by atoms with Crippen molar-refractivity contribution in [2.24, 2.45) is 0 Å². The van der Waals surface area contributed by atoms with Crippen LogP contribution in [0.3, 0.4) is 0 Å². The van der Waals surface area contributed by atoms with Gasteiger partial charge in [-0.25, -0.2) is 4.39 Å². The summed E-state index contributed by atoms with van der Waals surface area (Å²) in [5.74, 6) is -0.377. The topological polar surface area (TPSA) is 52.0 Å². The van der Waals surface area contributed by atoms with Crippen LogP contribution in [0.25, 0.3) is 10.8 Å². The van der Waals surface area contributed by atoms with Crippen LogP contribution in [0.1, 0.15) is 0 Å². The van der Waals surface area contributed by atoms with Gasteiger partial charge in [-0.1, -0.05) is 6.07 Å². The third-order valence-electron chi connectivity index (χ3n) is 2.01. The summed E-state index contributed by atoms with van der Waals surface area (Å²) < 4.78 is 13.4. The summed E-state index contributed by atoms with van der Waals surface area (Å²) in [4.78, 5) is 0. The number of nitrogens with two attached hydrogens (primary N) is 2. The van der Waals surface area contributed by atoms with Gasteiger partial charge >= 0.3 is 0 Å². The van der Waals surface area contributed by atoms with E-state index in [9.17, 15) is 4.39 Å². The average Bonchev–Trinajstić information content (AvgIpc) is 2.12. The number of nitrogen functional groups attached to an aromatic ring is 2. The minimum absolute atomic E-state index is 0.164. The fraction of sp³-hybridized carbons (Fsp3) is 0. The fourth-order valence-electron chi connectivity index (χ4n) is 1.33. The second-order valence-electron chi connectivity index (χ2n) is 2.95. The van der Waals surface area contributed by atoms with Crippen molar-refractivity contribution in [1.29, 1.82) is 0 Å². The highest BCUT2D eigenvalue weighted by Crippen LogP contribution is 2.24. The first-order chi connectivity index (χ1) is 6.18. The van der Waals surface area contributed by atoms with Crippen molar-refractivity contribution < 1.29 is 4.39 Å². The predicted octanol–water partition coefficient (Wildman–Crippen LogP) is 2.14. The molecule has 0 aliphatic carbocycles. The molecule has 0 aliphatic heterocycles. The highest BCUT2D eigenvalue weighted by Gasteiger charge is 2.03. The lowest BCUT2D eigenvalue weighted by Crippen LogP contribution is -1.92. The zero-order valence-electron chi connectivity index (χ0n) is 6.92. The quantitative estimate of drug-likeness (QED) is 0.604. The van der Waals surface area contributed by atoms with Crippen LogP contribution in [0.4, 0.5) is 15.8 Å². The molecule has 66 valence electrons. The first-order valence-corrected chi connectivity index (χ1v) is 3.92. The molecular formula is C10H9FN2. The molecule has 0 unspecified atom stereocenters. The number of benzene rings is 2. The molecule has 2 rings (SSSR count). The van der Waals surface area contributed by atoms with Gasteiger partial charge < -0.3 is 11.5 Å². The molecule has 0 fully saturated rings. The first-order valence-electron chi connectivity index (χ1n) is 3.92. The minimum Gasteiger partial charge on any atom is -0.399 e. The van der Waals surface area contributed by atoms with Crippen molar-refractivity contribution >= 4 is 22.1 Å². The molecule has 0 spiro atoms. The van der Waals surface area contributed by atoms with Gasteiger partial charge in [-0.3, -0.25) is 0 Å². The number of hydrogen-bond donors (Lipinski definition) is 2. The van der Waals surface area contributed by atoms with E-state index < -0.39 is 0 Å². The molecule has 4 N–H and O–H groups in total. The molecule has 0 atom stereocenters. The second-order valence-corrected chi connectivity index (χ2v) is 2.95. The molecule has 0 aromatic heterocycles. The Morgan fingerprint density at radius 2 is 1.77 bits per heavy atom. The molecule has 0 bridgehead atoms. The van der Waals surface area contributed by atoms with E-state index in [4.69, 9.17) is 11.5 Å². The van der Waals surface area contributed by atoms with E-state index in [0.29, 0.717) is 11.1 Å². The van der Waals surface area contributed by atoms with Crippen molar-refractivity contribution in [2.45, 2.75) is 0 Å². The molecule has 0 saturated heterocycles. The summed E-state index contributed by atoms with van der Waals surface area (Å²) in [6.07, 6.45) is 0. The zero-order valence-corrected chi connectivity index (χ0v) is 6.92. The lowest BCUT2D eigenvalue weighted by Gasteiger charge is -2.02. The van der Waals surface area contributed by atoms with Crippen molar-refractivity contribution in [2.75, 3.05) is 11.5 Å². The summed E-state index contributed by atoms with van der Waals surface area (Å²) in [5.41, 5.74) is 11.8.